The Bertz CT molecular complexity index is 290. The summed E-state index contributed by atoms with van der Waals surface area (Å²) >= 11 is 1.34. The van der Waals surface area contributed by atoms with Crippen molar-refractivity contribution in [3.63, 3.8) is 0 Å². The Hall–Kier alpha value is -0.710. The predicted octanol–water partition coefficient (Wildman–Crippen LogP) is 1.93. The van der Waals surface area contributed by atoms with Crippen LogP contribution in [-0.2, 0) is 14.3 Å². The SMILES string of the molecule is CCOC(=O)CSCC(=O)N(CC(C)C)C1CC1. The first kappa shape index (κ1) is 15.3. The molecule has 0 heterocycles. The van der Waals surface area contributed by atoms with Gasteiger partial charge in [0.25, 0.3) is 0 Å². The molecule has 1 amide bonds. The van der Waals surface area contributed by atoms with Crippen molar-refractivity contribution in [3.8, 4) is 0 Å². The molecule has 104 valence electrons. The Kier molecular flexibility index (Phi) is 6.54. The molecule has 0 aliphatic heterocycles. The highest BCUT2D eigenvalue weighted by Crippen LogP contribution is 2.28. The first-order valence-electron chi connectivity index (χ1n) is 6.57. The summed E-state index contributed by atoms with van der Waals surface area (Å²) in [5.74, 6) is 1.05. The molecule has 1 fully saturated rings. The molecule has 0 N–H and O–H groups in total. The van der Waals surface area contributed by atoms with Crippen molar-refractivity contribution in [1.29, 1.82) is 0 Å². The van der Waals surface area contributed by atoms with Crippen LogP contribution in [-0.4, -0.2) is 47.5 Å². The maximum Gasteiger partial charge on any atom is 0.315 e. The summed E-state index contributed by atoms with van der Waals surface area (Å²) in [7, 11) is 0. The average Bonchev–Trinajstić information content (AvgIpc) is 3.09. The lowest BCUT2D eigenvalue weighted by molar-refractivity contribution is -0.139. The van der Waals surface area contributed by atoms with Crippen LogP contribution in [0.2, 0.25) is 0 Å². The normalized spacial score (nSPS) is 14.7. The lowest BCUT2D eigenvalue weighted by Crippen LogP contribution is -2.37. The second kappa shape index (κ2) is 7.67. The predicted molar refractivity (Wildman–Crippen MR) is 73.5 cm³/mol. The third-order valence-corrected chi connectivity index (χ3v) is 3.51. The first-order valence-corrected chi connectivity index (χ1v) is 7.72. The molecule has 0 saturated heterocycles. The molecular weight excluding hydrogens is 250 g/mol. The largest absolute Gasteiger partial charge is 0.465 e. The molecule has 0 unspecified atom stereocenters. The van der Waals surface area contributed by atoms with Gasteiger partial charge in [-0.1, -0.05) is 13.8 Å². The third kappa shape index (κ3) is 5.76. The number of hydrogen-bond acceptors (Lipinski definition) is 4. The molecule has 0 radical (unpaired) electrons. The van der Waals surface area contributed by atoms with Crippen molar-refractivity contribution < 1.29 is 14.3 Å². The van der Waals surface area contributed by atoms with Gasteiger partial charge in [-0.2, -0.15) is 0 Å². The molecule has 0 spiro atoms. The van der Waals surface area contributed by atoms with Crippen LogP contribution in [0.4, 0.5) is 0 Å². The molecule has 18 heavy (non-hydrogen) atoms. The topological polar surface area (TPSA) is 46.6 Å². The zero-order chi connectivity index (χ0) is 13.5. The van der Waals surface area contributed by atoms with Crippen molar-refractivity contribution in [2.24, 2.45) is 5.92 Å². The van der Waals surface area contributed by atoms with E-state index in [4.69, 9.17) is 4.74 Å². The van der Waals surface area contributed by atoms with E-state index >= 15 is 0 Å². The molecule has 1 rings (SSSR count). The number of amides is 1. The number of carbonyl (C=O) groups excluding carboxylic acids is 2. The van der Waals surface area contributed by atoms with Crippen LogP contribution in [0.5, 0.6) is 0 Å². The smallest absolute Gasteiger partial charge is 0.315 e. The minimum Gasteiger partial charge on any atom is -0.465 e. The molecule has 0 atom stereocenters. The minimum absolute atomic E-state index is 0.153. The fourth-order valence-corrected chi connectivity index (χ4v) is 2.43. The van der Waals surface area contributed by atoms with E-state index in [-0.39, 0.29) is 17.6 Å². The Labute approximate surface area is 113 Å². The van der Waals surface area contributed by atoms with Crippen LogP contribution in [0.25, 0.3) is 0 Å². The van der Waals surface area contributed by atoms with E-state index in [0.717, 1.165) is 19.4 Å². The van der Waals surface area contributed by atoms with Crippen LogP contribution in [0.15, 0.2) is 0 Å². The van der Waals surface area contributed by atoms with Crippen LogP contribution in [0.1, 0.15) is 33.6 Å². The fourth-order valence-electron chi connectivity index (χ4n) is 1.74. The van der Waals surface area contributed by atoms with Gasteiger partial charge in [0.1, 0.15) is 0 Å². The number of thioether (sulfide) groups is 1. The second-order valence-corrected chi connectivity index (χ2v) is 5.95. The highest BCUT2D eigenvalue weighted by Gasteiger charge is 2.32. The molecule has 1 aliphatic rings. The third-order valence-electron chi connectivity index (χ3n) is 2.62. The van der Waals surface area contributed by atoms with E-state index < -0.39 is 0 Å². The summed E-state index contributed by atoms with van der Waals surface area (Å²) in [5, 5.41) is 0. The van der Waals surface area contributed by atoms with Gasteiger partial charge in [0.2, 0.25) is 5.91 Å². The maximum absolute atomic E-state index is 12.1. The summed E-state index contributed by atoms with van der Waals surface area (Å²) in [6, 6.07) is 0.447. The number of ether oxygens (including phenoxy) is 1. The average molecular weight is 273 g/mol. The number of rotatable bonds is 8. The zero-order valence-corrected chi connectivity index (χ0v) is 12.3. The number of nitrogens with zero attached hydrogens (tertiary/aromatic N) is 1. The lowest BCUT2D eigenvalue weighted by atomic mass is 10.2. The molecule has 0 bridgehead atoms. The van der Waals surface area contributed by atoms with Gasteiger partial charge in [-0.05, 0) is 25.7 Å². The van der Waals surface area contributed by atoms with Crippen LogP contribution < -0.4 is 0 Å². The summed E-state index contributed by atoms with van der Waals surface area (Å²) in [6.07, 6.45) is 2.25. The van der Waals surface area contributed by atoms with E-state index in [2.05, 4.69) is 13.8 Å². The van der Waals surface area contributed by atoms with Crippen LogP contribution >= 0.6 is 11.8 Å². The molecule has 0 aromatic rings. The standard InChI is InChI=1S/C13H23NO3S/c1-4-17-13(16)9-18-8-12(15)14(7-10(2)3)11-5-6-11/h10-11H,4-9H2,1-3H3. The van der Waals surface area contributed by atoms with Gasteiger partial charge >= 0.3 is 5.97 Å². The van der Waals surface area contributed by atoms with E-state index in [1.807, 2.05) is 4.90 Å². The number of carbonyl (C=O) groups is 2. The van der Waals surface area contributed by atoms with E-state index in [9.17, 15) is 9.59 Å². The Morgan fingerprint density at radius 1 is 1.33 bits per heavy atom. The van der Waals surface area contributed by atoms with Gasteiger partial charge in [-0.25, -0.2) is 0 Å². The second-order valence-electron chi connectivity index (χ2n) is 4.97. The molecule has 1 saturated carbocycles. The first-order chi connectivity index (χ1) is 8.54. The van der Waals surface area contributed by atoms with Gasteiger partial charge in [0.15, 0.2) is 0 Å². The molecule has 0 aromatic carbocycles. The monoisotopic (exact) mass is 273 g/mol. The lowest BCUT2D eigenvalue weighted by Gasteiger charge is -2.24. The van der Waals surface area contributed by atoms with Gasteiger partial charge < -0.3 is 9.64 Å². The van der Waals surface area contributed by atoms with Gasteiger partial charge in [-0.15, -0.1) is 11.8 Å². The highest BCUT2D eigenvalue weighted by atomic mass is 32.2. The Morgan fingerprint density at radius 3 is 2.50 bits per heavy atom. The molecule has 1 aliphatic carbocycles. The summed E-state index contributed by atoms with van der Waals surface area (Å²) in [4.78, 5) is 25.2. The maximum atomic E-state index is 12.1. The molecule has 5 heteroatoms. The van der Waals surface area contributed by atoms with E-state index in [0.29, 0.717) is 24.3 Å². The number of esters is 1. The van der Waals surface area contributed by atoms with Crippen molar-refractivity contribution in [2.75, 3.05) is 24.7 Å². The van der Waals surface area contributed by atoms with Crippen molar-refractivity contribution in [1.82, 2.24) is 4.90 Å². The van der Waals surface area contributed by atoms with Gasteiger partial charge in [-0.3, -0.25) is 9.59 Å². The molecular formula is C13H23NO3S. The molecule has 0 aromatic heterocycles. The summed E-state index contributed by atoms with van der Waals surface area (Å²) < 4.78 is 4.82. The molecule has 4 nitrogen and oxygen atoms in total. The van der Waals surface area contributed by atoms with Crippen molar-refractivity contribution in [2.45, 2.75) is 39.7 Å². The summed E-state index contributed by atoms with van der Waals surface area (Å²) in [5.41, 5.74) is 0. The van der Waals surface area contributed by atoms with Crippen molar-refractivity contribution >= 4 is 23.6 Å². The highest BCUT2D eigenvalue weighted by molar-refractivity contribution is 8.00. The van der Waals surface area contributed by atoms with Gasteiger partial charge in [0, 0.05) is 12.6 Å². The number of hydrogen-bond donors (Lipinski definition) is 0. The van der Waals surface area contributed by atoms with E-state index in [1.165, 1.54) is 11.8 Å². The zero-order valence-electron chi connectivity index (χ0n) is 11.5. The Balaban J connectivity index is 2.26. The van der Waals surface area contributed by atoms with Gasteiger partial charge in [0.05, 0.1) is 18.1 Å². The van der Waals surface area contributed by atoms with Crippen LogP contribution in [0.3, 0.4) is 0 Å². The van der Waals surface area contributed by atoms with E-state index in [1.54, 1.807) is 6.92 Å². The van der Waals surface area contributed by atoms with Crippen molar-refractivity contribution in [3.05, 3.63) is 0 Å². The quantitative estimate of drug-likeness (QED) is 0.634. The van der Waals surface area contributed by atoms with Crippen LogP contribution in [0, 0.1) is 5.92 Å². The summed E-state index contributed by atoms with van der Waals surface area (Å²) in [6.45, 7) is 7.24. The Morgan fingerprint density at radius 2 is 2.00 bits per heavy atom. The fraction of sp³-hybridized carbons (Fsp3) is 0.846. The minimum atomic E-state index is -0.239.